The molecule has 108 valence electrons. The monoisotopic (exact) mass is 295 g/mol. The van der Waals surface area contributed by atoms with Crippen molar-refractivity contribution in [3.63, 3.8) is 0 Å². The minimum atomic E-state index is -1.81. The van der Waals surface area contributed by atoms with Crippen LogP contribution in [0.4, 0.5) is 0 Å². The van der Waals surface area contributed by atoms with Crippen LogP contribution in [0.15, 0.2) is 0 Å². The van der Waals surface area contributed by atoms with Gasteiger partial charge < -0.3 is 4.43 Å². The van der Waals surface area contributed by atoms with Crippen molar-refractivity contribution in [3.8, 4) is 17.5 Å². The van der Waals surface area contributed by atoms with E-state index >= 15 is 0 Å². The summed E-state index contributed by atoms with van der Waals surface area (Å²) < 4.78 is 6.29. The molecular formula is C15H29NOSi2. The van der Waals surface area contributed by atoms with Crippen LogP contribution in [-0.4, -0.2) is 22.5 Å². The van der Waals surface area contributed by atoms with E-state index < -0.39 is 16.4 Å². The molecule has 0 amide bonds. The fraction of sp³-hybridized carbons (Fsp3) is 0.800. The molecule has 0 fully saturated rings. The van der Waals surface area contributed by atoms with Crippen LogP contribution in [0.5, 0.6) is 0 Å². The van der Waals surface area contributed by atoms with Gasteiger partial charge in [0.2, 0.25) is 0 Å². The van der Waals surface area contributed by atoms with Crippen LogP contribution in [0.25, 0.3) is 0 Å². The number of nitriles is 1. The molecule has 0 heterocycles. The maximum absolute atomic E-state index is 8.94. The first-order valence-corrected chi connectivity index (χ1v) is 13.3. The number of nitrogens with zero attached hydrogens (tertiary/aromatic N) is 1. The molecular weight excluding hydrogens is 266 g/mol. The van der Waals surface area contributed by atoms with Gasteiger partial charge in [-0.05, 0) is 18.1 Å². The molecule has 0 rings (SSSR count). The quantitative estimate of drug-likeness (QED) is 0.562. The van der Waals surface area contributed by atoms with Gasteiger partial charge in [0.25, 0.3) is 0 Å². The lowest BCUT2D eigenvalue weighted by Crippen LogP contribution is -2.43. The lowest BCUT2D eigenvalue weighted by atomic mass is 10.2. The van der Waals surface area contributed by atoms with Gasteiger partial charge in [-0.2, -0.15) is 5.26 Å². The second kappa shape index (κ2) is 6.75. The molecule has 0 saturated heterocycles. The Morgan fingerprint density at radius 1 is 1.05 bits per heavy atom. The first-order valence-electron chi connectivity index (χ1n) is 6.94. The summed E-state index contributed by atoms with van der Waals surface area (Å²) in [5.41, 5.74) is 3.35. The molecule has 0 bridgehead atoms. The third kappa shape index (κ3) is 7.57. The van der Waals surface area contributed by atoms with E-state index in [1.807, 2.05) is 0 Å². The average molecular weight is 296 g/mol. The van der Waals surface area contributed by atoms with Gasteiger partial charge in [0.1, 0.15) is 8.07 Å². The number of hydrogen-bond acceptors (Lipinski definition) is 2. The molecule has 0 aliphatic rings. The van der Waals surface area contributed by atoms with Gasteiger partial charge in [-0.1, -0.05) is 40.4 Å². The predicted octanol–water partition coefficient (Wildman–Crippen LogP) is 4.56. The van der Waals surface area contributed by atoms with E-state index in [1.165, 1.54) is 0 Å². The molecule has 2 nitrogen and oxygen atoms in total. The Bertz CT molecular complexity index is 386. The van der Waals surface area contributed by atoms with Crippen molar-refractivity contribution in [1.29, 1.82) is 5.26 Å². The highest BCUT2D eigenvalue weighted by Gasteiger charge is 2.38. The van der Waals surface area contributed by atoms with Crippen molar-refractivity contribution >= 4 is 16.4 Å². The summed E-state index contributed by atoms with van der Waals surface area (Å²) in [6, 6.07) is 2.23. The Hall–Kier alpha value is -0.556. The smallest absolute Gasteiger partial charge is 0.192 e. The van der Waals surface area contributed by atoms with E-state index in [4.69, 9.17) is 9.69 Å². The Morgan fingerprint density at radius 3 is 1.95 bits per heavy atom. The Morgan fingerprint density at radius 2 is 1.58 bits per heavy atom. The van der Waals surface area contributed by atoms with E-state index in [2.05, 4.69) is 71.0 Å². The van der Waals surface area contributed by atoms with Gasteiger partial charge in [0.05, 0.1) is 18.6 Å². The van der Waals surface area contributed by atoms with Gasteiger partial charge in [-0.3, -0.25) is 0 Å². The zero-order valence-corrected chi connectivity index (χ0v) is 15.8. The van der Waals surface area contributed by atoms with Crippen LogP contribution in [0.3, 0.4) is 0 Å². The van der Waals surface area contributed by atoms with Gasteiger partial charge in [-0.25, -0.2) is 0 Å². The zero-order chi connectivity index (χ0) is 15.3. The van der Waals surface area contributed by atoms with Crippen molar-refractivity contribution in [1.82, 2.24) is 0 Å². The second-order valence-corrected chi connectivity index (χ2v) is 17.1. The van der Waals surface area contributed by atoms with Crippen molar-refractivity contribution < 1.29 is 4.43 Å². The Balaban J connectivity index is 4.77. The topological polar surface area (TPSA) is 33.0 Å². The molecule has 0 aromatic rings. The summed E-state index contributed by atoms with van der Waals surface area (Å²) in [6.45, 7) is 17.8. The molecule has 19 heavy (non-hydrogen) atoms. The fourth-order valence-electron chi connectivity index (χ4n) is 1.28. The second-order valence-electron chi connectivity index (χ2n) is 7.62. The molecule has 0 N–H and O–H groups in total. The molecule has 0 saturated carbocycles. The Kier molecular flexibility index (Phi) is 6.55. The van der Waals surface area contributed by atoms with Crippen molar-refractivity contribution in [3.05, 3.63) is 0 Å². The normalized spacial score (nSPS) is 14.3. The first-order chi connectivity index (χ1) is 8.39. The van der Waals surface area contributed by atoms with Crippen LogP contribution in [0.2, 0.25) is 37.8 Å². The minimum absolute atomic E-state index is 0.0326. The highest BCUT2D eigenvalue weighted by molar-refractivity contribution is 6.83. The van der Waals surface area contributed by atoms with Crippen LogP contribution >= 0.6 is 0 Å². The molecule has 0 aromatic heterocycles. The van der Waals surface area contributed by atoms with Gasteiger partial charge in [0.15, 0.2) is 8.32 Å². The summed E-state index contributed by atoms with van der Waals surface area (Å²) in [4.78, 5) is 0. The Labute approximate surface area is 121 Å². The largest absolute Gasteiger partial charge is 0.412 e. The summed E-state index contributed by atoms with van der Waals surface area (Å²) in [5, 5.41) is 9.11. The summed E-state index contributed by atoms with van der Waals surface area (Å²) in [7, 11) is -3.14. The predicted molar refractivity (Wildman–Crippen MR) is 88.0 cm³/mol. The molecule has 0 aliphatic carbocycles. The lowest BCUT2D eigenvalue weighted by Gasteiger charge is -2.38. The molecule has 0 unspecified atom stereocenters. The lowest BCUT2D eigenvalue weighted by molar-refractivity contribution is 0.190. The van der Waals surface area contributed by atoms with Gasteiger partial charge >= 0.3 is 0 Å². The van der Waals surface area contributed by atoms with Crippen LogP contribution < -0.4 is 0 Å². The summed E-state index contributed by atoms with van der Waals surface area (Å²) >= 11 is 0. The minimum Gasteiger partial charge on any atom is -0.412 e. The van der Waals surface area contributed by atoms with Crippen molar-refractivity contribution in [2.24, 2.45) is 0 Å². The summed E-state index contributed by atoms with van der Waals surface area (Å²) in [6.07, 6.45) is 1.09. The zero-order valence-electron chi connectivity index (χ0n) is 13.8. The molecule has 0 aliphatic heterocycles. The van der Waals surface area contributed by atoms with Crippen molar-refractivity contribution in [2.45, 2.75) is 77.5 Å². The summed E-state index contributed by atoms with van der Waals surface area (Å²) in [5.74, 6) is 3.24. The maximum atomic E-state index is 8.94. The van der Waals surface area contributed by atoms with Crippen molar-refractivity contribution in [2.75, 3.05) is 0 Å². The molecule has 4 heteroatoms. The van der Waals surface area contributed by atoms with Gasteiger partial charge in [-0.15, -0.1) is 11.5 Å². The van der Waals surface area contributed by atoms with E-state index in [0.29, 0.717) is 12.8 Å². The van der Waals surface area contributed by atoms with E-state index in [9.17, 15) is 0 Å². The average Bonchev–Trinajstić information content (AvgIpc) is 2.13. The molecule has 0 aromatic carbocycles. The standard InChI is InChI=1S/C15H29NOSi2/c1-15(2,3)19(7,8)17-14(11-12-16)10-9-13-18(4,5)6/h14H,10-11H2,1-8H3/t14-/m0/s1. The van der Waals surface area contributed by atoms with Crippen LogP contribution in [0, 0.1) is 22.8 Å². The third-order valence-corrected chi connectivity index (χ3v) is 8.84. The number of hydrogen-bond donors (Lipinski definition) is 0. The first kappa shape index (κ1) is 18.4. The molecule has 0 spiro atoms. The van der Waals surface area contributed by atoms with Gasteiger partial charge in [0, 0.05) is 6.42 Å². The molecule has 0 radical (unpaired) electrons. The maximum Gasteiger partial charge on any atom is 0.192 e. The van der Waals surface area contributed by atoms with E-state index in [1.54, 1.807) is 0 Å². The van der Waals surface area contributed by atoms with Crippen LogP contribution in [0.1, 0.15) is 33.6 Å². The van der Waals surface area contributed by atoms with E-state index in [-0.39, 0.29) is 11.1 Å². The van der Waals surface area contributed by atoms with E-state index in [0.717, 1.165) is 0 Å². The number of rotatable bonds is 4. The SMILES string of the molecule is CC(C)(C)[Si](C)(C)O[C@H](CC#N)CC#C[Si](C)(C)C. The fourth-order valence-corrected chi connectivity index (χ4v) is 3.27. The highest BCUT2D eigenvalue weighted by Crippen LogP contribution is 2.37. The molecule has 1 atom stereocenters. The highest BCUT2D eigenvalue weighted by atomic mass is 28.4. The third-order valence-electron chi connectivity index (χ3n) is 3.38. The van der Waals surface area contributed by atoms with Crippen LogP contribution in [-0.2, 0) is 4.43 Å².